The lowest BCUT2D eigenvalue weighted by atomic mass is 10.0. The van der Waals surface area contributed by atoms with Crippen LogP contribution in [0.25, 0.3) is 22.4 Å². The Morgan fingerprint density at radius 1 is 1.00 bits per heavy atom. The number of hydrogen-bond donors (Lipinski definition) is 0. The molecule has 0 aliphatic heterocycles. The highest BCUT2D eigenvalue weighted by molar-refractivity contribution is 6.30. The van der Waals surface area contributed by atoms with Crippen molar-refractivity contribution in [2.75, 3.05) is 14.2 Å². The van der Waals surface area contributed by atoms with Crippen molar-refractivity contribution in [1.82, 2.24) is 9.55 Å². The second-order valence-electron chi connectivity index (χ2n) is 5.65. The SMILES string of the molecule is CCn1cc(-c2ccc(OC)c(OC)c2)c(-c2ccc(Cl)cc2)nc1=O. The second-order valence-corrected chi connectivity index (χ2v) is 6.08. The Kier molecular flexibility index (Phi) is 5.28. The maximum Gasteiger partial charge on any atom is 0.348 e. The van der Waals surface area contributed by atoms with Gasteiger partial charge in [0.1, 0.15) is 0 Å². The third-order valence-corrected chi connectivity index (χ3v) is 4.40. The summed E-state index contributed by atoms with van der Waals surface area (Å²) in [5, 5.41) is 0.628. The third kappa shape index (κ3) is 3.44. The lowest BCUT2D eigenvalue weighted by molar-refractivity contribution is 0.355. The topological polar surface area (TPSA) is 53.4 Å². The smallest absolute Gasteiger partial charge is 0.348 e. The fourth-order valence-corrected chi connectivity index (χ4v) is 2.89. The number of halogens is 1. The van der Waals surface area contributed by atoms with E-state index in [1.54, 1.807) is 30.9 Å². The van der Waals surface area contributed by atoms with Crippen LogP contribution in [0.4, 0.5) is 0 Å². The average Bonchev–Trinajstić information content (AvgIpc) is 2.67. The lowest BCUT2D eigenvalue weighted by Crippen LogP contribution is -2.22. The molecule has 26 heavy (non-hydrogen) atoms. The molecule has 0 fully saturated rings. The van der Waals surface area contributed by atoms with E-state index in [1.807, 2.05) is 43.5 Å². The number of nitrogens with zero attached hydrogens (tertiary/aromatic N) is 2. The van der Waals surface area contributed by atoms with E-state index >= 15 is 0 Å². The molecule has 0 aliphatic rings. The fraction of sp³-hybridized carbons (Fsp3) is 0.200. The van der Waals surface area contributed by atoms with Gasteiger partial charge in [-0.2, -0.15) is 4.98 Å². The third-order valence-electron chi connectivity index (χ3n) is 4.15. The summed E-state index contributed by atoms with van der Waals surface area (Å²) < 4.78 is 12.3. The van der Waals surface area contributed by atoms with Gasteiger partial charge in [-0.1, -0.05) is 29.8 Å². The Hall–Kier alpha value is -2.79. The van der Waals surface area contributed by atoms with E-state index in [9.17, 15) is 4.79 Å². The molecule has 1 aromatic heterocycles. The van der Waals surface area contributed by atoms with Gasteiger partial charge in [0.05, 0.1) is 19.9 Å². The zero-order valence-corrected chi connectivity index (χ0v) is 15.6. The Bertz CT molecular complexity index is 981. The van der Waals surface area contributed by atoms with Gasteiger partial charge in [-0.15, -0.1) is 0 Å². The van der Waals surface area contributed by atoms with Crippen molar-refractivity contribution in [2.24, 2.45) is 0 Å². The van der Waals surface area contributed by atoms with E-state index in [-0.39, 0.29) is 5.69 Å². The first-order valence-corrected chi connectivity index (χ1v) is 8.55. The van der Waals surface area contributed by atoms with Crippen LogP contribution in [-0.2, 0) is 6.54 Å². The van der Waals surface area contributed by atoms with Crippen LogP contribution in [0, 0.1) is 0 Å². The van der Waals surface area contributed by atoms with Crippen LogP contribution in [0.3, 0.4) is 0 Å². The summed E-state index contributed by atoms with van der Waals surface area (Å²) in [6, 6.07) is 12.9. The summed E-state index contributed by atoms with van der Waals surface area (Å²) >= 11 is 5.99. The zero-order valence-electron chi connectivity index (χ0n) is 14.8. The maximum absolute atomic E-state index is 12.3. The molecule has 0 atom stereocenters. The van der Waals surface area contributed by atoms with Gasteiger partial charge in [-0.05, 0) is 36.8 Å². The van der Waals surface area contributed by atoms with Crippen molar-refractivity contribution >= 4 is 11.6 Å². The van der Waals surface area contributed by atoms with Crippen LogP contribution in [0.15, 0.2) is 53.5 Å². The standard InChI is InChI=1S/C20H19ClN2O3/c1-4-23-12-16(14-7-10-17(25-2)18(11-14)26-3)19(22-20(23)24)13-5-8-15(21)9-6-13/h5-12H,4H2,1-3H3. The number of hydrogen-bond acceptors (Lipinski definition) is 4. The Balaban J connectivity index is 2.25. The van der Waals surface area contributed by atoms with Gasteiger partial charge in [0, 0.05) is 28.9 Å². The van der Waals surface area contributed by atoms with Gasteiger partial charge in [-0.3, -0.25) is 4.57 Å². The summed E-state index contributed by atoms with van der Waals surface area (Å²) in [6.07, 6.45) is 1.82. The van der Waals surface area contributed by atoms with E-state index in [1.165, 1.54) is 0 Å². The maximum atomic E-state index is 12.3. The van der Waals surface area contributed by atoms with Crippen molar-refractivity contribution in [1.29, 1.82) is 0 Å². The van der Waals surface area contributed by atoms with Crippen LogP contribution in [0.1, 0.15) is 6.92 Å². The van der Waals surface area contributed by atoms with Crippen LogP contribution in [-0.4, -0.2) is 23.8 Å². The summed E-state index contributed by atoms with van der Waals surface area (Å²) in [7, 11) is 3.18. The highest BCUT2D eigenvalue weighted by Crippen LogP contribution is 2.35. The Morgan fingerprint density at radius 2 is 1.65 bits per heavy atom. The molecule has 0 bridgehead atoms. The molecule has 0 unspecified atom stereocenters. The highest BCUT2D eigenvalue weighted by Gasteiger charge is 2.15. The molecule has 134 valence electrons. The highest BCUT2D eigenvalue weighted by atomic mass is 35.5. The number of rotatable bonds is 5. The molecule has 0 amide bonds. The molecule has 0 saturated carbocycles. The minimum Gasteiger partial charge on any atom is -0.493 e. The summed E-state index contributed by atoms with van der Waals surface area (Å²) in [5.74, 6) is 1.25. The molecule has 3 rings (SSSR count). The van der Waals surface area contributed by atoms with Crippen LogP contribution < -0.4 is 15.2 Å². The number of methoxy groups -OCH3 is 2. The van der Waals surface area contributed by atoms with E-state index in [2.05, 4.69) is 4.98 Å². The minimum absolute atomic E-state index is 0.290. The predicted octanol–water partition coefficient (Wildman–Crippen LogP) is 4.27. The van der Waals surface area contributed by atoms with Gasteiger partial charge < -0.3 is 9.47 Å². The first kappa shape index (κ1) is 18.0. The van der Waals surface area contributed by atoms with Crippen molar-refractivity contribution in [2.45, 2.75) is 13.5 Å². The number of benzene rings is 2. The van der Waals surface area contributed by atoms with Gasteiger partial charge in [-0.25, -0.2) is 4.79 Å². The first-order chi connectivity index (χ1) is 12.6. The summed E-state index contributed by atoms with van der Waals surface area (Å²) in [6.45, 7) is 2.44. The van der Waals surface area contributed by atoms with Gasteiger partial charge >= 0.3 is 5.69 Å². The van der Waals surface area contributed by atoms with Crippen LogP contribution in [0.5, 0.6) is 11.5 Å². The van der Waals surface area contributed by atoms with E-state index in [0.717, 1.165) is 16.7 Å². The molecule has 0 N–H and O–H groups in total. The molecule has 0 spiro atoms. The van der Waals surface area contributed by atoms with Crippen molar-refractivity contribution < 1.29 is 9.47 Å². The van der Waals surface area contributed by atoms with Gasteiger partial charge in [0.2, 0.25) is 0 Å². The second kappa shape index (κ2) is 7.62. The van der Waals surface area contributed by atoms with Gasteiger partial charge in [0.15, 0.2) is 11.5 Å². The Labute approximate surface area is 156 Å². The average molecular weight is 371 g/mol. The normalized spacial score (nSPS) is 10.6. The number of aryl methyl sites for hydroxylation is 1. The molecule has 2 aromatic carbocycles. The number of ether oxygens (including phenoxy) is 2. The van der Waals surface area contributed by atoms with Crippen molar-refractivity contribution in [3.63, 3.8) is 0 Å². The molecular formula is C20H19ClN2O3. The van der Waals surface area contributed by atoms with Crippen LogP contribution in [0.2, 0.25) is 5.02 Å². The molecule has 6 heteroatoms. The van der Waals surface area contributed by atoms with E-state index in [0.29, 0.717) is 28.8 Å². The molecule has 0 saturated heterocycles. The lowest BCUT2D eigenvalue weighted by Gasteiger charge is -2.14. The Morgan fingerprint density at radius 3 is 2.27 bits per heavy atom. The van der Waals surface area contributed by atoms with Crippen LogP contribution >= 0.6 is 11.6 Å². The molecular weight excluding hydrogens is 352 g/mol. The van der Waals surface area contributed by atoms with Crippen molar-refractivity contribution in [3.05, 3.63) is 64.2 Å². The summed E-state index contributed by atoms with van der Waals surface area (Å²) in [5.41, 5.74) is 2.84. The molecule has 0 aliphatic carbocycles. The molecule has 0 radical (unpaired) electrons. The summed E-state index contributed by atoms with van der Waals surface area (Å²) in [4.78, 5) is 16.6. The first-order valence-electron chi connectivity index (χ1n) is 8.17. The molecule has 5 nitrogen and oxygen atoms in total. The number of aromatic nitrogens is 2. The monoisotopic (exact) mass is 370 g/mol. The quantitative estimate of drug-likeness (QED) is 0.673. The van der Waals surface area contributed by atoms with E-state index in [4.69, 9.17) is 21.1 Å². The van der Waals surface area contributed by atoms with Gasteiger partial charge in [0.25, 0.3) is 0 Å². The fourth-order valence-electron chi connectivity index (χ4n) is 2.76. The molecule has 1 heterocycles. The van der Waals surface area contributed by atoms with E-state index < -0.39 is 0 Å². The minimum atomic E-state index is -0.290. The molecule has 3 aromatic rings. The predicted molar refractivity (Wildman–Crippen MR) is 103 cm³/mol. The van der Waals surface area contributed by atoms with Crippen molar-refractivity contribution in [3.8, 4) is 33.9 Å². The largest absolute Gasteiger partial charge is 0.493 e. The zero-order chi connectivity index (χ0) is 18.7.